The van der Waals surface area contributed by atoms with Crippen LogP contribution in [-0.4, -0.2) is 19.0 Å². The van der Waals surface area contributed by atoms with Gasteiger partial charge in [0.25, 0.3) is 0 Å². The molecule has 0 spiro atoms. The molecule has 0 atom stereocenters. The van der Waals surface area contributed by atoms with Crippen molar-refractivity contribution >= 4 is 23.2 Å². The summed E-state index contributed by atoms with van der Waals surface area (Å²) >= 11 is 6.09. The highest BCUT2D eigenvalue weighted by atomic mass is 35.5. The van der Waals surface area contributed by atoms with Crippen molar-refractivity contribution < 1.29 is 4.79 Å². The summed E-state index contributed by atoms with van der Waals surface area (Å²) in [5, 5.41) is 6.80. The maximum Gasteiger partial charge on any atom is 0.227 e. The number of carbonyl (C=O) groups excluding carboxylic acids is 1. The highest BCUT2D eigenvalue weighted by Crippen LogP contribution is 2.26. The van der Waals surface area contributed by atoms with E-state index in [1.165, 1.54) is 0 Å². The molecule has 0 saturated carbocycles. The standard InChI is InChI=1S/C13H17ClN2O/c1-9-3-2-4-11(14)12(9)16-13(17)10-5-7-15-8-6-10/h2-4,10,15H,5-8H2,1H3,(H,16,17). The lowest BCUT2D eigenvalue weighted by Gasteiger charge is -2.22. The van der Waals surface area contributed by atoms with Gasteiger partial charge in [-0.1, -0.05) is 23.7 Å². The summed E-state index contributed by atoms with van der Waals surface area (Å²) in [5.74, 6) is 0.189. The van der Waals surface area contributed by atoms with Crippen LogP contribution in [0.1, 0.15) is 18.4 Å². The summed E-state index contributed by atoms with van der Waals surface area (Å²) in [6, 6.07) is 5.63. The van der Waals surface area contributed by atoms with Crippen LogP contribution < -0.4 is 10.6 Å². The van der Waals surface area contributed by atoms with Gasteiger partial charge in [0.15, 0.2) is 0 Å². The maximum absolute atomic E-state index is 12.1. The van der Waals surface area contributed by atoms with Gasteiger partial charge < -0.3 is 10.6 Å². The number of anilines is 1. The highest BCUT2D eigenvalue weighted by molar-refractivity contribution is 6.33. The maximum atomic E-state index is 12.1. The van der Waals surface area contributed by atoms with Gasteiger partial charge in [-0.25, -0.2) is 0 Å². The third kappa shape index (κ3) is 2.99. The van der Waals surface area contributed by atoms with Crippen LogP contribution in [0.3, 0.4) is 0 Å². The number of rotatable bonds is 2. The zero-order valence-corrected chi connectivity index (χ0v) is 10.7. The molecule has 3 nitrogen and oxygen atoms in total. The summed E-state index contributed by atoms with van der Waals surface area (Å²) < 4.78 is 0. The van der Waals surface area contributed by atoms with E-state index in [1.54, 1.807) is 6.07 Å². The minimum absolute atomic E-state index is 0.0858. The number of piperidine rings is 1. The molecule has 1 aliphatic rings. The second-order valence-corrected chi connectivity index (χ2v) is 4.85. The van der Waals surface area contributed by atoms with Gasteiger partial charge in [-0.3, -0.25) is 4.79 Å². The molecule has 1 heterocycles. The molecule has 1 aliphatic heterocycles. The zero-order chi connectivity index (χ0) is 12.3. The van der Waals surface area contributed by atoms with Crippen molar-refractivity contribution in [2.45, 2.75) is 19.8 Å². The largest absolute Gasteiger partial charge is 0.324 e. The van der Waals surface area contributed by atoms with Crippen molar-refractivity contribution in [3.05, 3.63) is 28.8 Å². The normalized spacial score (nSPS) is 16.8. The molecular weight excluding hydrogens is 236 g/mol. The molecule has 92 valence electrons. The zero-order valence-electron chi connectivity index (χ0n) is 9.92. The van der Waals surface area contributed by atoms with Crippen LogP contribution in [0, 0.1) is 12.8 Å². The van der Waals surface area contributed by atoms with E-state index < -0.39 is 0 Å². The molecule has 2 rings (SSSR count). The van der Waals surface area contributed by atoms with Crippen molar-refractivity contribution in [1.29, 1.82) is 0 Å². The number of hydrogen-bond acceptors (Lipinski definition) is 2. The van der Waals surface area contributed by atoms with Crippen LogP contribution in [-0.2, 0) is 4.79 Å². The van der Waals surface area contributed by atoms with Crippen LogP contribution in [0.15, 0.2) is 18.2 Å². The second kappa shape index (κ2) is 5.52. The number of benzene rings is 1. The van der Waals surface area contributed by atoms with Crippen LogP contribution in [0.4, 0.5) is 5.69 Å². The molecule has 0 unspecified atom stereocenters. The van der Waals surface area contributed by atoms with Gasteiger partial charge in [-0.05, 0) is 44.5 Å². The van der Waals surface area contributed by atoms with E-state index >= 15 is 0 Å². The molecule has 17 heavy (non-hydrogen) atoms. The number of nitrogens with one attached hydrogen (secondary N) is 2. The fourth-order valence-electron chi connectivity index (χ4n) is 2.10. The van der Waals surface area contributed by atoms with Crippen molar-refractivity contribution in [3.8, 4) is 0 Å². The molecule has 1 fully saturated rings. The fourth-order valence-corrected chi connectivity index (χ4v) is 2.37. The van der Waals surface area contributed by atoms with Crippen LogP contribution >= 0.6 is 11.6 Å². The average molecular weight is 253 g/mol. The first kappa shape index (κ1) is 12.4. The molecule has 0 radical (unpaired) electrons. The SMILES string of the molecule is Cc1cccc(Cl)c1NC(=O)C1CCNCC1. The van der Waals surface area contributed by atoms with Crippen molar-refractivity contribution in [1.82, 2.24) is 5.32 Å². The molecule has 1 saturated heterocycles. The number of halogens is 1. The Bertz CT molecular complexity index is 394. The fraction of sp³-hybridized carbons (Fsp3) is 0.462. The van der Waals surface area contributed by atoms with E-state index in [1.807, 2.05) is 19.1 Å². The molecule has 0 aromatic heterocycles. The summed E-state index contributed by atoms with van der Waals surface area (Å²) in [6.45, 7) is 3.78. The first-order chi connectivity index (χ1) is 8.18. The van der Waals surface area contributed by atoms with E-state index in [2.05, 4.69) is 10.6 Å². The van der Waals surface area contributed by atoms with Crippen molar-refractivity contribution in [2.75, 3.05) is 18.4 Å². The van der Waals surface area contributed by atoms with Crippen molar-refractivity contribution in [2.24, 2.45) is 5.92 Å². The molecule has 0 bridgehead atoms. The van der Waals surface area contributed by atoms with Gasteiger partial charge in [-0.15, -0.1) is 0 Å². The summed E-state index contributed by atoms with van der Waals surface area (Å²) in [5.41, 5.74) is 1.75. The molecule has 1 aromatic carbocycles. The number of para-hydroxylation sites is 1. The average Bonchev–Trinajstić information content (AvgIpc) is 2.35. The van der Waals surface area contributed by atoms with E-state index in [0.717, 1.165) is 37.2 Å². The molecule has 0 aliphatic carbocycles. The van der Waals surface area contributed by atoms with E-state index in [9.17, 15) is 4.79 Å². The summed E-state index contributed by atoms with van der Waals surface area (Å²) in [6.07, 6.45) is 1.80. The second-order valence-electron chi connectivity index (χ2n) is 4.45. The first-order valence-corrected chi connectivity index (χ1v) is 6.33. The Morgan fingerprint density at radius 2 is 2.12 bits per heavy atom. The van der Waals surface area contributed by atoms with E-state index in [0.29, 0.717) is 5.02 Å². The third-order valence-corrected chi connectivity index (χ3v) is 3.50. The number of aryl methyl sites for hydroxylation is 1. The molecule has 4 heteroatoms. The topological polar surface area (TPSA) is 41.1 Å². The quantitative estimate of drug-likeness (QED) is 0.850. The smallest absolute Gasteiger partial charge is 0.227 e. The van der Waals surface area contributed by atoms with Gasteiger partial charge in [0.1, 0.15) is 0 Å². The molecular formula is C13H17ClN2O. The summed E-state index contributed by atoms with van der Waals surface area (Å²) in [7, 11) is 0. The van der Waals surface area contributed by atoms with Gasteiger partial charge in [-0.2, -0.15) is 0 Å². The number of carbonyl (C=O) groups is 1. The van der Waals surface area contributed by atoms with Crippen LogP contribution in [0.25, 0.3) is 0 Å². The van der Waals surface area contributed by atoms with Gasteiger partial charge in [0.2, 0.25) is 5.91 Å². The van der Waals surface area contributed by atoms with Crippen LogP contribution in [0.5, 0.6) is 0 Å². The lowest BCUT2D eigenvalue weighted by atomic mass is 9.97. The van der Waals surface area contributed by atoms with Gasteiger partial charge >= 0.3 is 0 Å². The minimum atomic E-state index is 0.0858. The van der Waals surface area contributed by atoms with E-state index in [-0.39, 0.29) is 11.8 Å². The molecule has 1 amide bonds. The third-order valence-electron chi connectivity index (χ3n) is 3.18. The predicted molar refractivity (Wildman–Crippen MR) is 70.4 cm³/mol. The van der Waals surface area contributed by atoms with Gasteiger partial charge in [0.05, 0.1) is 10.7 Å². The first-order valence-electron chi connectivity index (χ1n) is 5.95. The Kier molecular flexibility index (Phi) is 4.02. The Labute approximate surface area is 107 Å². The Balaban J connectivity index is 2.07. The molecule has 2 N–H and O–H groups in total. The molecule has 1 aromatic rings. The lowest BCUT2D eigenvalue weighted by molar-refractivity contribution is -0.120. The predicted octanol–water partition coefficient (Wildman–Crippen LogP) is 2.59. The summed E-state index contributed by atoms with van der Waals surface area (Å²) in [4.78, 5) is 12.1. The van der Waals surface area contributed by atoms with Gasteiger partial charge in [0, 0.05) is 5.92 Å². The minimum Gasteiger partial charge on any atom is -0.324 e. The Morgan fingerprint density at radius 3 is 2.76 bits per heavy atom. The highest BCUT2D eigenvalue weighted by Gasteiger charge is 2.21. The lowest BCUT2D eigenvalue weighted by Crippen LogP contribution is -2.34. The Morgan fingerprint density at radius 1 is 1.41 bits per heavy atom. The van der Waals surface area contributed by atoms with E-state index in [4.69, 9.17) is 11.6 Å². The number of hydrogen-bond donors (Lipinski definition) is 2. The Hall–Kier alpha value is -1.06. The van der Waals surface area contributed by atoms with Crippen molar-refractivity contribution in [3.63, 3.8) is 0 Å². The number of amides is 1. The monoisotopic (exact) mass is 252 g/mol. The van der Waals surface area contributed by atoms with Crippen LogP contribution in [0.2, 0.25) is 5.02 Å².